The molecule has 26 nitrogen and oxygen atoms in total. The lowest BCUT2D eigenvalue weighted by Crippen LogP contribution is -2.66. The number of alkyl carbamates (subject to hydrolysis) is 1. The molecule has 0 spiro atoms. The number of carbonyl (C=O) groups excluding carboxylic acids is 11. The summed E-state index contributed by atoms with van der Waals surface area (Å²) in [5, 5.41) is 7.34. The first-order valence-electron chi connectivity index (χ1n) is 21.5. The first-order valence-corrected chi connectivity index (χ1v) is 23.7. The lowest BCUT2D eigenvalue weighted by molar-refractivity contribution is -0.341. The van der Waals surface area contributed by atoms with Gasteiger partial charge in [-0.05, 0) is 34.6 Å². The summed E-state index contributed by atoms with van der Waals surface area (Å²) in [4.78, 5) is 138. The minimum atomic E-state index is -1.88. The van der Waals surface area contributed by atoms with E-state index in [0.29, 0.717) is 0 Å². The van der Waals surface area contributed by atoms with Crippen LogP contribution in [0, 0.1) is 0 Å². The molecule has 2 aliphatic rings. The van der Waals surface area contributed by atoms with E-state index in [-0.39, 0.29) is 10.8 Å². The van der Waals surface area contributed by atoms with Crippen LogP contribution in [0.3, 0.4) is 0 Å². The number of carbonyl (C=O) groups is 11. The fraction of sp³-hybridized carbons (Fsp3) is 0.738. The standard InChI is InChI=1S/C42H63N3O23S2/c1-18(36(53)44-19(2)38(55)57-13)43-37(54)27(45-41(56)68-42(10,11)12)16-69-17-70-40-35(64-26(9)52)33(62-24(7)50)31(29(66-40)15-59-21(4)47)67-39-34(63-25(8)51)32(61-23(6)49)30(60-22(5)48)28(65-39)14-58-20(3)46/h18-19,27-35,39-40H,14-17H2,1-13H3,(H,43,54)(H,44,53)(H,45,56)/t18-,19-,27-,28+,29+,30-,31+,32-,33-,34+,35+,39-,40-/m0/s1. The lowest BCUT2D eigenvalue weighted by Gasteiger charge is -2.48. The molecule has 2 saturated heterocycles. The minimum absolute atomic E-state index is 0.0206. The average Bonchev–Trinajstić information content (AvgIpc) is 3.22. The Balaban J connectivity index is 2.59. The van der Waals surface area contributed by atoms with Crippen LogP contribution >= 0.6 is 23.5 Å². The first-order chi connectivity index (χ1) is 32.5. The number of nitrogens with one attached hydrogen (secondary N) is 3. The number of amides is 3. The molecule has 0 aromatic carbocycles. The zero-order valence-electron chi connectivity index (χ0n) is 41.0. The minimum Gasteiger partial charge on any atom is -0.467 e. The van der Waals surface area contributed by atoms with E-state index in [0.717, 1.165) is 79.1 Å². The van der Waals surface area contributed by atoms with Crippen molar-refractivity contribution in [2.24, 2.45) is 0 Å². The topological polar surface area (TPSA) is 335 Å². The van der Waals surface area contributed by atoms with Crippen molar-refractivity contribution in [2.45, 2.75) is 167 Å². The number of ether oxygens (including phenoxy) is 12. The van der Waals surface area contributed by atoms with Crippen LogP contribution in [0.5, 0.6) is 0 Å². The van der Waals surface area contributed by atoms with Gasteiger partial charge in [0, 0.05) is 59.3 Å². The number of hydrogen-bond donors (Lipinski definition) is 3. The first kappa shape index (κ1) is 60.7. The van der Waals surface area contributed by atoms with Gasteiger partial charge in [0.05, 0.1) is 7.11 Å². The Hall–Kier alpha value is -5.45. The Labute approximate surface area is 412 Å². The molecule has 3 amide bonds. The van der Waals surface area contributed by atoms with Crippen molar-refractivity contribution in [2.75, 3.05) is 31.2 Å². The quantitative estimate of drug-likeness (QED) is 0.0560. The van der Waals surface area contributed by atoms with Crippen LogP contribution in [-0.2, 0) is 105 Å². The molecule has 70 heavy (non-hydrogen) atoms. The largest absolute Gasteiger partial charge is 0.467 e. The van der Waals surface area contributed by atoms with Crippen LogP contribution in [0.2, 0.25) is 0 Å². The van der Waals surface area contributed by atoms with E-state index >= 15 is 0 Å². The molecule has 13 atom stereocenters. The van der Waals surface area contributed by atoms with Gasteiger partial charge in [0.2, 0.25) is 11.8 Å². The Bertz CT molecular complexity index is 1900. The second-order valence-electron chi connectivity index (χ2n) is 16.5. The van der Waals surface area contributed by atoms with Gasteiger partial charge in [0.15, 0.2) is 36.8 Å². The average molecular weight is 1040 g/mol. The molecule has 0 aromatic heterocycles. The summed E-state index contributed by atoms with van der Waals surface area (Å²) in [7, 11) is 1.14. The van der Waals surface area contributed by atoms with Gasteiger partial charge in [-0.2, -0.15) is 0 Å². The zero-order chi connectivity index (χ0) is 53.2. The van der Waals surface area contributed by atoms with Crippen LogP contribution < -0.4 is 16.0 Å². The molecular weight excluding hydrogens is 979 g/mol. The third-order valence-electron chi connectivity index (χ3n) is 9.16. The molecule has 396 valence electrons. The fourth-order valence-corrected chi connectivity index (χ4v) is 8.87. The number of esters is 8. The van der Waals surface area contributed by atoms with E-state index < -0.39 is 163 Å². The van der Waals surface area contributed by atoms with Gasteiger partial charge in [0.25, 0.3) is 0 Å². The summed E-state index contributed by atoms with van der Waals surface area (Å²) in [5.74, 6) is -8.70. The lowest BCUT2D eigenvalue weighted by atomic mass is 9.96. The molecule has 0 saturated carbocycles. The number of rotatable bonds is 22. The summed E-state index contributed by atoms with van der Waals surface area (Å²) >= 11 is 1.99. The molecule has 0 bridgehead atoms. The summed E-state index contributed by atoms with van der Waals surface area (Å²) in [6, 6.07) is -3.58. The van der Waals surface area contributed by atoms with Gasteiger partial charge in [0.1, 0.15) is 60.7 Å². The van der Waals surface area contributed by atoms with E-state index in [2.05, 4.69) is 20.7 Å². The maximum Gasteiger partial charge on any atom is 0.408 e. The van der Waals surface area contributed by atoms with Gasteiger partial charge < -0.3 is 72.8 Å². The molecule has 28 heteroatoms. The molecular formula is C42H63N3O23S2. The third kappa shape index (κ3) is 20.9. The smallest absolute Gasteiger partial charge is 0.408 e. The highest BCUT2D eigenvalue weighted by atomic mass is 32.2. The highest BCUT2D eigenvalue weighted by molar-refractivity contribution is 8.16. The summed E-state index contributed by atoms with van der Waals surface area (Å²) < 4.78 is 67.1. The molecule has 0 aromatic rings. The molecule has 0 aliphatic carbocycles. The predicted octanol–water partition coefficient (Wildman–Crippen LogP) is 0.106. The normalized spacial score (nSPS) is 25.4. The fourth-order valence-electron chi connectivity index (χ4n) is 6.47. The SMILES string of the molecule is COC(=O)[C@H](C)NC(=O)[C@H](C)NC(=O)[C@H](CSCS[C@@H]1O[C@H](COC(C)=O)[C@@H](O[C@@H]2O[C@H](COC(C)=O)[C@H](OC(C)=O)[C@H](OC(C)=O)[C@H]2OC(C)=O)[C@H](OC(C)=O)[C@H]1OC(C)=O)NC(=O)OC(C)(C)C. The van der Waals surface area contributed by atoms with E-state index in [4.69, 9.17) is 52.1 Å². The van der Waals surface area contributed by atoms with E-state index in [1.807, 2.05) is 0 Å². The van der Waals surface area contributed by atoms with Crippen molar-refractivity contribution in [3.63, 3.8) is 0 Å². The van der Waals surface area contributed by atoms with Crippen molar-refractivity contribution in [1.29, 1.82) is 0 Å². The predicted molar refractivity (Wildman–Crippen MR) is 239 cm³/mol. The number of hydrogen-bond acceptors (Lipinski definition) is 25. The summed E-state index contributed by atoms with van der Waals surface area (Å²) in [6.45, 7) is 13.5. The van der Waals surface area contributed by atoms with Gasteiger partial charge >= 0.3 is 53.8 Å². The molecule has 2 fully saturated rings. The van der Waals surface area contributed by atoms with Crippen molar-refractivity contribution in [3.8, 4) is 0 Å². The Kier molecular flexibility index (Phi) is 24.6. The molecule has 2 aliphatic heterocycles. The highest BCUT2D eigenvalue weighted by Gasteiger charge is 2.57. The number of thioether (sulfide) groups is 2. The van der Waals surface area contributed by atoms with Gasteiger partial charge in [-0.1, -0.05) is 0 Å². The monoisotopic (exact) mass is 1040 g/mol. The van der Waals surface area contributed by atoms with Gasteiger partial charge in [-0.3, -0.25) is 43.2 Å². The van der Waals surface area contributed by atoms with Crippen LogP contribution in [0.25, 0.3) is 0 Å². The molecule has 0 radical (unpaired) electrons. The molecule has 3 N–H and O–H groups in total. The maximum absolute atomic E-state index is 13.6. The van der Waals surface area contributed by atoms with Gasteiger partial charge in [-0.25, -0.2) is 9.59 Å². The summed E-state index contributed by atoms with van der Waals surface area (Å²) in [5.41, 5.74) is -2.26. The third-order valence-corrected chi connectivity index (χ3v) is 11.6. The van der Waals surface area contributed by atoms with Crippen LogP contribution in [0.15, 0.2) is 0 Å². The molecule has 2 rings (SSSR count). The van der Waals surface area contributed by atoms with Crippen molar-refractivity contribution < 1.29 is 110 Å². The van der Waals surface area contributed by atoms with Crippen molar-refractivity contribution in [1.82, 2.24) is 16.0 Å². The van der Waals surface area contributed by atoms with E-state index in [9.17, 15) is 52.7 Å². The molecule has 2 heterocycles. The molecule has 0 unspecified atom stereocenters. The van der Waals surface area contributed by atoms with E-state index in [1.54, 1.807) is 20.8 Å². The Morgan fingerprint density at radius 3 is 1.50 bits per heavy atom. The number of methoxy groups -OCH3 is 1. The van der Waals surface area contributed by atoms with Crippen molar-refractivity contribution in [3.05, 3.63) is 0 Å². The zero-order valence-corrected chi connectivity index (χ0v) is 42.7. The van der Waals surface area contributed by atoms with Crippen molar-refractivity contribution >= 4 is 89.2 Å². The Morgan fingerprint density at radius 1 is 0.557 bits per heavy atom. The second-order valence-corrected chi connectivity index (χ2v) is 19.0. The maximum atomic E-state index is 13.6. The highest BCUT2D eigenvalue weighted by Crippen LogP contribution is 2.38. The second kappa shape index (κ2) is 28.4. The Morgan fingerprint density at radius 2 is 1.01 bits per heavy atom. The van der Waals surface area contributed by atoms with Crippen LogP contribution in [0.4, 0.5) is 4.79 Å². The van der Waals surface area contributed by atoms with Gasteiger partial charge in [-0.15, -0.1) is 23.5 Å². The van der Waals surface area contributed by atoms with Crippen LogP contribution in [-0.4, -0.2) is 181 Å². The summed E-state index contributed by atoms with van der Waals surface area (Å²) in [6.07, 6.45) is -15.7. The van der Waals surface area contributed by atoms with Crippen LogP contribution in [0.1, 0.15) is 83.1 Å². The van der Waals surface area contributed by atoms with E-state index in [1.165, 1.54) is 13.8 Å².